The standard InChI is InChI=1S/C16H30BrClSSi2/c1-11(2)20(12(3)4,16-10-9-15(17)19-16)21(18,13(5)6)14(7)8/h9-14H,1-8H3. The molecule has 1 rings (SSSR count). The Balaban J connectivity index is 3.73. The Labute approximate surface area is 150 Å². The molecule has 5 heteroatoms. The minimum Gasteiger partial charge on any atom is -0.170 e. The van der Waals surface area contributed by atoms with Gasteiger partial charge in [-0.05, 0) is 48.7 Å². The van der Waals surface area contributed by atoms with Crippen molar-refractivity contribution < 1.29 is 0 Å². The summed E-state index contributed by atoms with van der Waals surface area (Å²) in [6, 6.07) is 4.59. The van der Waals surface area contributed by atoms with Crippen molar-refractivity contribution >= 4 is 57.3 Å². The van der Waals surface area contributed by atoms with Crippen molar-refractivity contribution in [3.63, 3.8) is 0 Å². The normalized spacial score (nSPS) is 14.0. The van der Waals surface area contributed by atoms with Crippen molar-refractivity contribution in [2.24, 2.45) is 0 Å². The van der Waals surface area contributed by atoms with Crippen molar-refractivity contribution in [1.82, 2.24) is 0 Å². The molecule has 0 nitrogen and oxygen atoms in total. The zero-order chi connectivity index (χ0) is 16.6. The lowest BCUT2D eigenvalue weighted by Crippen LogP contribution is -2.72. The van der Waals surface area contributed by atoms with E-state index < -0.39 is 14.5 Å². The summed E-state index contributed by atoms with van der Waals surface area (Å²) >= 11 is 13.3. The second-order valence-electron chi connectivity index (χ2n) is 7.36. The highest BCUT2D eigenvalue weighted by atomic mass is 79.9. The maximum absolute atomic E-state index is 7.66. The molecule has 0 bridgehead atoms. The quantitative estimate of drug-likeness (QED) is 0.337. The molecule has 0 amide bonds. The summed E-state index contributed by atoms with van der Waals surface area (Å²) in [7, 11) is -1.79. The predicted molar refractivity (Wildman–Crippen MR) is 109 cm³/mol. The Bertz CT molecular complexity index is 453. The lowest BCUT2D eigenvalue weighted by Gasteiger charge is -2.53. The molecule has 0 unspecified atom stereocenters. The van der Waals surface area contributed by atoms with Crippen molar-refractivity contribution in [2.45, 2.75) is 77.6 Å². The van der Waals surface area contributed by atoms with E-state index >= 15 is 0 Å². The summed E-state index contributed by atoms with van der Waals surface area (Å²) in [5, 5.41) is 0. The highest BCUT2D eigenvalue weighted by Crippen LogP contribution is 2.52. The Morgan fingerprint density at radius 3 is 1.52 bits per heavy atom. The first-order valence-corrected chi connectivity index (χ1v) is 15.9. The average molecular weight is 426 g/mol. The van der Waals surface area contributed by atoms with Crippen LogP contribution in [0.15, 0.2) is 15.9 Å². The van der Waals surface area contributed by atoms with Crippen molar-refractivity contribution in [2.75, 3.05) is 0 Å². The van der Waals surface area contributed by atoms with Gasteiger partial charge in [-0.1, -0.05) is 61.5 Å². The van der Waals surface area contributed by atoms with Crippen molar-refractivity contribution in [3.05, 3.63) is 15.9 Å². The van der Waals surface area contributed by atoms with E-state index in [4.69, 9.17) is 11.1 Å². The molecule has 0 fully saturated rings. The van der Waals surface area contributed by atoms with Gasteiger partial charge in [0.25, 0.3) is 0 Å². The topological polar surface area (TPSA) is 0 Å². The number of rotatable bonds is 6. The monoisotopic (exact) mass is 424 g/mol. The van der Waals surface area contributed by atoms with Gasteiger partial charge in [-0.2, -0.15) is 11.1 Å². The molecule has 0 aliphatic heterocycles. The molecular formula is C16H30BrClSSi2. The van der Waals surface area contributed by atoms with Crippen LogP contribution in [0.4, 0.5) is 0 Å². The molecule has 0 N–H and O–H groups in total. The summed E-state index contributed by atoms with van der Waals surface area (Å²) < 4.78 is 2.86. The van der Waals surface area contributed by atoms with Crippen LogP contribution >= 0.6 is 38.3 Å². The molecule has 122 valence electrons. The van der Waals surface area contributed by atoms with Crippen LogP contribution in [-0.2, 0) is 0 Å². The van der Waals surface area contributed by atoms with E-state index in [0.717, 1.165) is 0 Å². The molecule has 0 aliphatic rings. The molecule has 0 radical (unpaired) electrons. The highest BCUT2D eigenvalue weighted by molar-refractivity contribution is 9.11. The minimum absolute atomic E-state index is 0.608. The van der Waals surface area contributed by atoms with Gasteiger partial charge in [0.15, 0.2) is 6.90 Å². The Morgan fingerprint density at radius 1 is 0.857 bits per heavy atom. The van der Waals surface area contributed by atoms with E-state index in [9.17, 15) is 0 Å². The SMILES string of the molecule is CC(C)[Si](Cl)(C(C)C)[Si](c1ccc(Br)s1)(C(C)C)C(C)C. The van der Waals surface area contributed by atoms with E-state index in [1.165, 1.54) is 3.79 Å². The van der Waals surface area contributed by atoms with Gasteiger partial charge in [0.1, 0.15) is 7.59 Å². The average Bonchev–Trinajstić information content (AvgIpc) is 2.74. The zero-order valence-electron chi connectivity index (χ0n) is 14.6. The summed E-state index contributed by atoms with van der Waals surface area (Å²) in [5.41, 5.74) is 2.57. The summed E-state index contributed by atoms with van der Waals surface area (Å²) in [5.74, 6) is 0. The van der Waals surface area contributed by atoms with Gasteiger partial charge < -0.3 is 0 Å². The van der Waals surface area contributed by atoms with E-state index in [1.54, 1.807) is 4.50 Å². The Kier molecular flexibility index (Phi) is 6.84. The third kappa shape index (κ3) is 3.12. The molecule has 1 heterocycles. The molecule has 1 aromatic heterocycles. The second-order valence-corrected chi connectivity index (χ2v) is 26.4. The first-order valence-electron chi connectivity index (χ1n) is 7.97. The van der Waals surface area contributed by atoms with Crippen LogP contribution in [0.1, 0.15) is 55.4 Å². The minimum atomic E-state index is -1.94. The molecule has 0 atom stereocenters. The third-order valence-electron chi connectivity index (χ3n) is 5.12. The Hall–Kier alpha value is 0.904. The number of hydrogen-bond acceptors (Lipinski definition) is 1. The van der Waals surface area contributed by atoms with Crippen LogP contribution in [0.2, 0.25) is 22.2 Å². The molecular weight excluding hydrogens is 396 g/mol. The van der Waals surface area contributed by atoms with Gasteiger partial charge in [0.05, 0.1) is 3.79 Å². The van der Waals surface area contributed by atoms with Crippen LogP contribution in [-0.4, -0.2) is 14.5 Å². The number of hydrogen-bond donors (Lipinski definition) is 0. The molecule has 0 aliphatic carbocycles. The molecule has 0 aromatic carbocycles. The highest BCUT2D eigenvalue weighted by Gasteiger charge is 2.62. The first kappa shape index (κ1) is 19.9. The third-order valence-corrected chi connectivity index (χ3v) is 34.6. The van der Waals surface area contributed by atoms with Gasteiger partial charge in [-0.25, -0.2) is 0 Å². The van der Waals surface area contributed by atoms with Crippen LogP contribution in [0, 0.1) is 0 Å². The van der Waals surface area contributed by atoms with Crippen molar-refractivity contribution in [3.8, 4) is 0 Å². The molecule has 0 spiro atoms. The van der Waals surface area contributed by atoms with Crippen LogP contribution in [0.3, 0.4) is 0 Å². The fraction of sp³-hybridized carbons (Fsp3) is 0.750. The molecule has 0 saturated carbocycles. The molecule has 21 heavy (non-hydrogen) atoms. The number of thiophene rings is 1. The van der Waals surface area contributed by atoms with Crippen LogP contribution < -0.4 is 4.50 Å². The van der Waals surface area contributed by atoms with Crippen LogP contribution in [0.25, 0.3) is 0 Å². The van der Waals surface area contributed by atoms with Crippen molar-refractivity contribution in [1.29, 1.82) is 0 Å². The maximum Gasteiger partial charge on any atom is 0.159 e. The smallest absolute Gasteiger partial charge is 0.159 e. The number of halogens is 2. The van der Waals surface area contributed by atoms with E-state index in [1.807, 2.05) is 11.3 Å². The first-order chi connectivity index (χ1) is 9.52. The predicted octanol–water partition coefficient (Wildman–Crippen LogP) is 7.07. The molecule has 1 aromatic rings. The summed E-state index contributed by atoms with van der Waals surface area (Å²) in [6.45, 7) is 17.2. The second kappa shape index (κ2) is 7.20. The fourth-order valence-corrected chi connectivity index (χ4v) is 36.4. The fourth-order valence-electron chi connectivity index (χ4n) is 4.47. The van der Waals surface area contributed by atoms with Crippen LogP contribution in [0.5, 0.6) is 0 Å². The van der Waals surface area contributed by atoms with Gasteiger partial charge in [0.2, 0.25) is 0 Å². The van der Waals surface area contributed by atoms with E-state index in [2.05, 4.69) is 83.5 Å². The lowest BCUT2D eigenvalue weighted by atomic mass is 10.5. The van der Waals surface area contributed by atoms with Gasteiger partial charge >= 0.3 is 0 Å². The molecule has 0 saturated heterocycles. The zero-order valence-corrected chi connectivity index (χ0v) is 19.8. The summed E-state index contributed by atoms with van der Waals surface area (Å²) in [4.78, 5) is 0. The van der Waals surface area contributed by atoms with E-state index in [-0.39, 0.29) is 0 Å². The van der Waals surface area contributed by atoms with E-state index in [0.29, 0.717) is 22.2 Å². The Morgan fingerprint density at radius 2 is 1.29 bits per heavy atom. The lowest BCUT2D eigenvalue weighted by molar-refractivity contribution is 0.893. The van der Waals surface area contributed by atoms with Gasteiger partial charge in [-0.3, -0.25) is 0 Å². The maximum atomic E-state index is 7.66. The van der Waals surface area contributed by atoms with Gasteiger partial charge in [-0.15, -0.1) is 11.3 Å². The summed E-state index contributed by atoms with van der Waals surface area (Å²) in [6.07, 6.45) is 0. The largest absolute Gasteiger partial charge is 0.170 e. The van der Waals surface area contributed by atoms with Gasteiger partial charge in [0, 0.05) is 0 Å².